The van der Waals surface area contributed by atoms with Crippen molar-refractivity contribution in [2.75, 3.05) is 0 Å². The van der Waals surface area contributed by atoms with Crippen LogP contribution < -0.4 is 10.6 Å². The first-order chi connectivity index (χ1) is 12.5. The number of carbonyl (C=O) groups is 2. The smallest absolute Gasteiger partial charge is 0.253 e. The lowest BCUT2D eigenvalue weighted by molar-refractivity contribution is -0.119. The largest absolute Gasteiger partial charge is 0.354 e. The van der Waals surface area contributed by atoms with Crippen LogP contribution in [0.25, 0.3) is 11.3 Å². The van der Waals surface area contributed by atoms with Crippen LogP contribution in [0, 0.1) is 5.82 Å². The Hall–Kier alpha value is -2.76. The number of aromatic nitrogens is 1. The van der Waals surface area contributed by atoms with E-state index in [-0.39, 0.29) is 29.7 Å². The summed E-state index contributed by atoms with van der Waals surface area (Å²) in [5, 5.41) is 5.95. The highest BCUT2D eigenvalue weighted by Gasteiger charge is 2.23. The minimum Gasteiger partial charge on any atom is -0.354 e. The molecule has 1 saturated carbocycles. The van der Waals surface area contributed by atoms with Gasteiger partial charge in [0, 0.05) is 30.8 Å². The maximum absolute atomic E-state index is 13.3. The van der Waals surface area contributed by atoms with Crippen LogP contribution in [-0.4, -0.2) is 28.9 Å². The van der Waals surface area contributed by atoms with Gasteiger partial charge in [-0.15, -0.1) is 0 Å². The van der Waals surface area contributed by atoms with Crippen molar-refractivity contribution in [3.05, 3.63) is 54.0 Å². The fourth-order valence-electron chi connectivity index (χ4n) is 3.29. The van der Waals surface area contributed by atoms with Crippen LogP contribution in [0.15, 0.2) is 42.6 Å². The molecule has 2 amide bonds. The van der Waals surface area contributed by atoms with Gasteiger partial charge in [-0.3, -0.25) is 14.6 Å². The van der Waals surface area contributed by atoms with E-state index in [9.17, 15) is 14.0 Å². The third-order valence-corrected chi connectivity index (χ3v) is 4.62. The second kappa shape index (κ2) is 8.08. The quantitative estimate of drug-likeness (QED) is 0.885. The van der Waals surface area contributed by atoms with Crippen LogP contribution in [0.4, 0.5) is 4.39 Å². The van der Waals surface area contributed by atoms with Gasteiger partial charge in [-0.2, -0.15) is 0 Å². The number of amides is 2. The Kier molecular flexibility index (Phi) is 5.61. The Morgan fingerprint density at radius 1 is 1.04 bits per heavy atom. The molecule has 1 aliphatic rings. The predicted octanol–water partition coefficient (Wildman–Crippen LogP) is 3.06. The van der Waals surface area contributed by atoms with E-state index in [2.05, 4.69) is 15.6 Å². The maximum atomic E-state index is 13.3. The second-order valence-corrected chi connectivity index (χ2v) is 6.66. The summed E-state index contributed by atoms with van der Waals surface area (Å²) in [6.07, 6.45) is 4.91. The minimum absolute atomic E-state index is 0.0121. The summed E-state index contributed by atoms with van der Waals surface area (Å²) in [6, 6.07) is 9.93. The topological polar surface area (TPSA) is 71.1 Å². The lowest BCUT2D eigenvalue weighted by atomic mass is 9.91. The molecule has 0 atom stereocenters. The summed E-state index contributed by atoms with van der Waals surface area (Å²) in [4.78, 5) is 27.8. The van der Waals surface area contributed by atoms with Crippen LogP contribution in [0.2, 0.25) is 0 Å². The van der Waals surface area contributed by atoms with E-state index in [0.717, 1.165) is 25.7 Å². The van der Waals surface area contributed by atoms with Crippen molar-refractivity contribution in [2.45, 2.75) is 44.7 Å². The van der Waals surface area contributed by atoms with E-state index < -0.39 is 0 Å². The van der Waals surface area contributed by atoms with E-state index in [1.54, 1.807) is 24.3 Å². The van der Waals surface area contributed by atoms with E-state index in [0.29, 0.717) is 16.8 Å². The number of nitrogens with zero attached hydrogens (tertiary/aromatic N) is 1. The number of rotatable bonds is 4. The molecule has 1 aromatic carbocycles. The van der Waals surface area contributed by atoms with Crippen LogP contribution >= 0.6 is 0 Å². The van der Waals surface area contributed by atoms with Gasteiger partial charge >= 0.3 is 0 Å². The Morgan fingerprint density at radius 2 is 1.73 bits per heavy atom. The van der Waals surface area contributed by atoms with Crippen molar-refractivity contribution < 1.29 is 14.0 Å². The van der Waals surface area contributed by atoms with E-state index in [1.165, 1.54) is 25.3 Å². The van der Waals surface area contributed by atoms with Gasteiger partial charge in [0.25, 0.3) is 5.91 Å². The van der Waals surface area contributed by atoms with Gasteiger partial charge in [0.1, 0.15) is 5.82 Å². The lowest BCUT2D eigenvalue weighted by Crippen LogP contribution is -2.43. The van der Waals surface area contributed by atoms with Crippen LogP contribution in [-0.2, 0) is 4.79 Å². The van der Waals surface area contributed by atoms with Gasteiger partial charge in [0.15, 0.2) is 0 Å². The molecule has 0 aliphatic heterocycles. The molecule has 136 valence electrons. The zero-order valence-corrected chi connectivity index (χ0v) is 14.7. The molecule has 6 heteroatoms. The molecule has 0 saturated heterocycles. The number of benzene rings is 1. The Morgan fingerprint density at radius 3 is 2.31 bits per heavy atom. The summed E-state index contributed by atoms with van der Waals surface area (Å²) < 4.78 is 13.3. The van der Waals surface area contributed by atoms with Crippen molar-refractivity contribution >= 4 is 11.8 Å². The van der Waals surface area contributed by atoms with Crippen molar-refractivity contribution in [1.82, 2.24) is 15.6 Å². The first kappa shape index (κ1) is 18.0. The first-order valence-corrected chi connectivity index (χ1v) is 8.81. The van der Waals surface area contributed by atoms with Gasteiger partial charge in [-0.25, -0.2) is 4.39 Å². The molecule has 26 heavy (non-hydrogen) atoms. The average molecular weight is 355 g/mol. The number of nitrogens with one attached hydrogen (secondary N) is 2. The monoisotopic (exact) mass is 355 g/mol. The SMILES string of the molecule is CC(=O)N[C@H]1CC[C@@H](NC(=O)c2ccc(-c3cccc(F)c3)nc2)CC1. The highest BCUT2D eigenvalue weighted by atomic mass is 19.1. The highest BCUT2D eigenvalue weighted by molar-refractivity contribution is 5.94. The lowest BCUT2D eigenvalue weighted by Gasteiger charge is -2.29. The molecule has 0 spiro atoms. The number of pyridine rings is 1. The maximum Gasteiger partial charge on any atom is 0.253 e. The Balaban J connectivity index is 1.56. The van der Waals surface area contributed by atoms with E-state index in [4.69, 9.17) is 0 Å². The third kappa shape index (κ3) is 4.65. The molecular weight excluding hydrogens is 333 g/mol. The van der Waals surface area contributed by atoms with Gasteiger partial charge in [-0.05, 0) is 49.9 Å². The number of hydrogen-bond donors (Lipinski definition) is 2. The molecule has 2 aromatic rings. The van der Waals surface area contributed by atoms with Crippen LogP contribution in [0.1, 0.15) is 43.0 Å². The standard InChI is InChI=1S/C20H22FN3O2/c1-13(25)23-17-6-8-18(9-7-17)24-20(26)15-5-10-19(22-12-15)14-3-2-4-16(21)11-14/h2-5,10-12,17-18H,6-9H2,1H3,(H,23,25)(H,24,26)/t17-,18+. The number of halogens is 1. The molecule has 0 unspecified atom stereocenters. The molecule has 1 heterocycles. The molecule has 1 fully saturated rings. The fourth-order valence-corrected chi connectivity index (χ4v) is 3.29. The molecule has 3 rings (SSSR count). The Labute approximate surface area is 152 Å². The fraction of sp³-hybridized carbons (Fsp3) is 0.350. The average Bonchev–Trinajstić information content (AvgIpc) is 2.63. The summed E-state index contributed by atoms with van der Waals surface area (Å²) in [5.41, 5.74) is 1.78. The molecule has 2 N–H and O–H groups in total. The summed E-state index contributed by atoms with van der Waals surface area (Å²) >= 11 is 0. The molecule has 1 aromatic heterocycles. The van der Waals surface area contributed by atoms with Crippen LogP contribution in [0.3, 0.4) is 0 Å². The summed E-state index contributed by atoms with van der Waals surface area (Å²) in [7, 11) is 0. The van der Waals surface area contributed by atoms with Gasteiger partial charge in [-0.1, -0.05) is 12.1 Å². The predicted molar refractivity (Wildman–Crippen MR) is 97.0 cm³/mol. The molecule has 0 bridgehead atoms. The number of carbonyl (C=O) groups excluding carboxylic acids is 2. The van der Waals surface area contributed by atoms with Gasteiger partial charge < -0.3 is 10.6 Å². The summed E-state index contributed by atoms with van der Waals surface area (Å²) in [5.74, 6) is -0.491. The second-order valence-electron chi connectivity index (χ2n) is 6.66. The normalized spacial score (nSPS) is 19.6. The number of hydrogen-bond acceptors (Lipinski definition) is 3. The molecule has 5 nitrogen and oxygen atoms in total. The minimum atomic E-state index is -0.319. The van der Waals surface area contributed by atoms with Crippen molar-refractivity contribution in [3.8, 4) is 11.3 Å². The molecule has 0 radical (unpaired) electrons. The zero-order valence-electron chi connectivity index (χ0n) is 14.7. The first-order valence-electron chi connectivity index (χ1n) is 8.81. The van der Waals surface area contributed by atoms with E-state index >= 15 is 0 Å². The third-order valence-electron chi connectivity index (χ3n) is 4.62. The van der Waals surface area contributed by atoms with E-state index in [1.807, 2.05) is 0 Å². The summed E-state index contributed by atoms with van der Waals surface area (Å²) in [6.45, 7) is 1.52. The van der Waals surface area contributed by atoms with Gasteiger partial charge in [0.2, 0.25) is 5.91 Å². The van der Waals surface area contributed by atoms with Crippen LogP contribution in [0.5, 0.6) is 0 Å². The molecule has 1 aliphatic carbocycles. The Bertz CT molecular complexity index is 784. The van der Waals surface area contributed by atoms with Crippen molar-refractivity contribution in [3.63, 3.8) is 0 Å². The zero-order chi connectivity index (χ0) is 18.5. The highest BCUT2D eigenvalue weighted by Crippen LogP contribution is 2.20. The van der Waals surface area contributed by atoms with Crippen molar-refractivity contribution in [2.24, 2.45) is 0 Å². The van der Waals surface area contributed by atoms with Crippen molar-refractivity contribution in [1.29, 1.82) is 0 Å². The van der Waals surface area contributed by atoms with Gasteiger partial charge in [0.05, 0.1) is 11.3 Å². The molecular formula is C20H22FN3O2.